The first-order valence-corrected chi connectivity index (χ1v) is 14.1. The molecule has 212 valence electrons. The number of aliphatic hydroxyl groups excluding tert-OH is 1. The molecule has 1 N–H and O–H groups in total. The molecule has 0 saturated carbocycles. The Morgan fingerprint density at radius 3 is 2.83 bits per heavy atom. The van der Waals surface area contributed by atoms with E-state index in [9.17, 15) is 19.5 Å². The quantitative estimate of drug-likeness (QED) is 0.117. The summed E-state index contributed by atoms with van der Waals surface area (Å²) < 4.78 is 16.8. The number of ketones is 1. The van der Waals surface area contributed by atoms with Gasteiger partial charge in [-0.1, -0.05) is 43.0 Å². The number of fused-ring (bicyclic) bond motifs is 1. The summed E-state index contributed by atoms with van der Waals surface area (Å²) >= 11 is 0.945. The van der Waals surface area contributed by atoms with Crippen molar-refractivity contribution in [3.05, 3.63) is 88.0 Å². The summed E-state index contributed by atoms with van der Waals surface area (Å²) in [7, 11) is 0. The van der Waals surface area contributed by atoms with Gasteiger partial charge in [-0.15, -0.1) is 0 Å². The van der Waals surface area contributed by atoms with Crippen LogP contribution in [-0.4, -0.2) is 47.1 Å². The summed E-state index contributed by atoms with van der Waals surface area (Å²) in [5.41, 5.74) is 2.11. The van der Waals surface area contributed by atoms with Crippen LogP contribution < -0.4 is 14.4 Å². The fourth-order valence-electron chi connectivity index (χ4n) is 4.94. The average Bonchev–Trinajstić information content (AvgIpc) is 3.61. The number of benzene rings is 2. The topological polar surface area (TPSA) is 115 Å². The highest BCUT2D eigenvalue weighted by molar-refractivity contribution is 7.17. The van der Waals surface area contributed by atoms with E-state index in [1.165, 1.54) is 11.0 Å². The number of aryl methyl sites for hydroxylation is 1. The smallest absolute Gasteiger partial charge is 0.350 e. The molecule has 2 aliphatic rings. The molecule has 2 atom stereocenters. The molecule has 0 bridgehead atoms. The predicted molar refractivity (Wildman–Crippen MR) is 155 cm³/mol. The third-order valence-corrected chi connectivity index (χ3v) is 7.91. The van der Waals surface area contributed by atoms with Gasteiger partial charge in [0.1, 0.15) is 34.8 Å². The third-order valence-electron chi connectivity index (χ3n) is 6.77. The van der Waals surface area contributed by atoms with Crippen molar-refractivity contribution in [2.75, 3.05) is 18.1 Å². The normalized spacial score (nSPS) is 19.1. The van der Waals surface area contributed by atoms with Crippen LogP contribution in [-0.2, 0) is 20.7 Å². The maximum Gasteiger partial charge on any atom is 0.350 e. The second kappa shape index (κ2) is 11.6. The molecule has 0 spiro atoms. The molecule has 1 saturated heterocycles. The number of hydrogen-bond donors (Lipinski definition) is 1. The minimum atomic E-state index is -1.02. The Labute approximate surface area is 241 Å². The molecule has 3 heterocycles. The summed E-state index contributed by atoms with van der Waals surface area (Å²) in [6, 6.07) is 11.2. The Balaban J connectivity index is 1.65. The summed E-state index contributed by atoms with van der Waals surface area (Å²) in [5, 5.41) is 11.7. The summed E-state index contributed by atoms with van der Waals surface area (Å²) in [5.74, 6) is -1.36. The standard InChI is InChI=1S/C31H30N2O7S/c1-5-12-38-22-9-7-8-19(16-22)25-24(26(34)20-10-11-23-21(15-20)14-17(3)40-23)27(35)29(36)33(25)31-32-18(4)28(41-31)30(37)39-13-6-2/h6-11,15-17,25,34H,2,5,12-14H2,1,3-4H3/t17-,25-/m1/s1. The van der Waals surface area contributed by atoms with Gasteiger partial charge < -0.3 is 19.3 Å². The van der Waals surface area contributed by atoms with Crippen LogP contribution in [0.15, 0.2) is 60.7 Å². The molecule has 0 aliphatic carbocycles. The van der Waals surface area contributed by atoms with Crippen molar-refractivity contribution >= 4 is 39.9 Å². The number of aliphatic hydroxyl groups is 1. The number of aromatic nitrogens is 1. The zero-order valence-electron chi connectivity index (χ0n) is 23.0. The van der Waals surface area contributed by atoms with Crippen LogP contribution in [0, 0.1) is 6.92 Å². The number of hydrogen-bond acceptors (Lipinski definition) is 9. The molecule has 1 amide bonds. The first kappa shape index (κ1) is 28.1. The van der Waals surface area contributed by atoms with Crippen LogP contribution in [0.4, 0.5) is 5.13 Å². The van der Waals surface area contributed by atoms with E-state index in [1.807, 2.05) is 13.8 Å². The van der Waals surface area contributed by atoms with Crippen LogP contribution in [0.2, 0.25) is 0 Å². The molecule has 0 unspecified atom stereocenters. The lowest BCUT2D eigenvalue weighted by atomic mass is 9.94. The van der Waals surface area contributed by atoms with E-state index in [0.29, 0.717) is 35.6 Å². The van der Waals surface area contributed by atoms with Gasteiger partial charge in [0.2, 0.25) is 0 Å². The van der Waals surface area contributed by atoms with Gasteiger partial charge in [0.05, 0.1) is 23.9 Å². The van der Waals surface area contributed by atoms with E-state index >= 15 is 0 Å². The summed E-state index contributed by atoms with van der Waals surface area (Å²) in [6.45, 7) is 9.63. The van der Waals surface area contributed by atoms with Gasteiger partial charge in [-0.05, 0) is 61.7 Å². The molecular formula is C31H30N2O7S. The Morgan fingerprint density at radius 1 is 1.27 bits per heavy atom. The average molecular weight is 575 g/mol. The summed E-state index contributed by atoms with van der Waals surface area (Å²) in [6.07, 6.45) is 2.91. The molecule has 5 rings (SSSR count). The zero-order valence-corrected chi connectivity index (χ0v) is 23.8. The van der Waals surface area contributed by atoms with Gasteiger partial charge in [-0.2, -0.15) is 0 Å². The molecular weight excluding hydrogens is 544 g/mol. The number of esters is 1. The van der Waals surface area contributed by atoms with E-state index < -0.39 is 23.7 Å². The van der Waals surface area contributed by atoms with Gasteiger partial charge in [-0.25, -0.2) is 9.78 Å². The van der Waals surface area contributed by atoms with Crippen LogP contribution in [0.5, 0.6) is 11.5 Å². The maximum atomic E-state index is 13.6. The van der Waals surface area contributed by atoms with E-state index in [1.54, 1.807) is 49.4 Å². The molecule has 2 aromatic carbocycles. The van der Waals surface area contributed by atoms with E-state index in [0.717, 1.165) is 29.1 Å². The Kier molecular flexibility index (Phi) is 7.94. The Morgan fingerprint density at radius 2 is 2.07 bits per heavy atom. The highest BCUT2D eigenvalue weighted by atomic mass is 32.1. The summed E-state index contributed by atoms with van der Waals surface area (Å²) in [4.78, 5) is 45.7. The minimum absolute atomic E-state index is 0.000606. The van der Waals surface area contributed by atoms with Crippen LogP contribution in [0.25, 0.3) is 5.76 Å². The Hall–Kier alpha value is -4.44. The van der Waals surface area contributed by atoms with Crippen molar-refractivity contribution in [2.24, 2.45) is 0 Å². The number of carbonyl (C=O) groups is 3. The number of thiazole rings is 1. The van der Waals surface area contributed by atoms with E-state index in [2.05, 4.69) is 11.6 Å². The first-order valence-electron chi connectivity index (χ1n) is 13.3. The van der Waals surface area contributed by atoms with Crippen molar-refractivity contribution in [1.82, 2.24) is 4.98 Å². The van der Waals surface area contributed by atoms with Crippen molar-refractivity contribution in [1.29, 1.82) is 0 Å². The van der Waals surface area contributed by atoms with Crippen molar-refractivity contribution in [2.45, 2.75) is 45.8 Å². The molecule has 2 aliphatic heterocycles. The monoisotopic (exact) mass is 574 g/mol. The minimum Gasteiger partial charge on any atom is -0.507 e. The number of amides is 1. The highest BCUT2D eigenvalue weighted by Gasteiger charge is 2.48. The second-order valence-corrected chi connectivity index (χ2v) is 10.8. The van der Waals surface area contributed by atoms with E-state index in [-0.39, 0.29) is 34.1 Å². The molecule has 41 heavy (non-hydrogen) atoms. The van der Waals surface area contributed by atoms with Crippen molar-refractivity contribution in [3.63, 3.8) is 0 Å². The number of ether oxygens (including phenoxy) is 3. The molecule has 1 fully saturated rings. The van der Waals surface area contributed by atoms with Gasteiger partial charge in [0.15, 0.2) is 5.13 Å². The van der Waals surface area contributed by atoms with Crippen molar-refractivity contribution < 1.29 is 33.7 Å². The number of rotatable bonds is 9. The predicted octanol–water partition coefficient (Wildman–Crippen LogP) is 5.53. The number of anilines is 1. The lowest BCUT2D eigenvalue weighted by Gasteiger charge is -2.23. The number of nitrogens with zero attached hydrogens (tertiary/aromatic N) is 2. The Bertz CT molecular complexity index is 1570. The van der Waals surface area contributed by atoms with Crippen LogP contribution >= 0.6 is 11.3 Å². The SMILES string of the molecule is C=CCOC(=O)c1sc(N2C(=O)C(=O)C(=C(O)c3ccc4c(c3)C[C@@H](C)O4)[C@H]2c2cccc(OCCC)c2)nc1C. The fourth-order valence-corrected chi connectivity index (χ4v) is 5.93. The van der Waals surface area contributed by atoms with Gasteiger partial charge >= 0.3 is 11.9 Å². The molecule has 1 aromatic heterocycles. The van der Waals surface area contributed by atoms with Gasteiger partial charge in [0.25, 0.3) is 5.78 Å². The second-order valence-electron chi connectivity index (χ2n) is 9.84. The highest BCUT2D eigenvalue weighted by Crippen LogP contribution is 2.45. The maximum absolute atomic E-state index is 13.6. The molecule has 3 aromatic rings. The number of Topliss-reactive ketones (excluding diaryl/α,β-unsaturated/α-hetero) is 1. The molecule has 9 nitrogen and oxygen atoms in total. The largest absolute Gasteiger partial charge is 0.507 e. The van der Waals surface area contributed by atoms with Gasteiger partial charge in [-0.3, -0.25) is 14.5 Å². The van der Waals surface area contributed by atoms with E-state index in [4.69, 9.17) is 14.2 Å². The molecule has 0 radical (unpaired) electrons. The van der Waals surface area contributed by atoms with Crippen LogP contribution in [0.1, 0.15) is 58.4 Å². The molecule has 10 heteroatoms. The lowest BCUT2D eigenvalue weighted by molar-refractivity contribution is -0.132. The first-order chi connectivity index (χ1) is 19.7. The van der Waals surface area contributed by atoms with Crippen molar-refractivity contribution in [3.8, 4) is 11.5 Å². The lowest BCUT2D eigenvalue weighted by Crippen LogP contribution is -2.29. The zero-order chi connectivity index (χ0) is 29.3. The van der Waals surface area contributed by atoms with Gasteiger partial charge in [0, 0.05) is 12.0 Å². The van der Waals surface area contributed by atoms with Crippen LogP contribution in [0.3, 0.4) is 0 Å². The number of carbonyl (C=O) groups excluding carboxylic acids is 3. The third kappa shape index (κ3) is 5.35. The fraction of sp³-hybridized carbons (Fsp3) is 0.290.